The van der Waals surface area contributed by atoms with Gasteiger partial charge in [0.1, 0.15) is 5.75 Å². The first-order valence-electron chi connectivity index (χ1n) is 6.21. The van der Waals surface area contributed by atoms with E-state index in [-0.39, 0.29) is 0 Å². The van der Waals surface area contributed by atoms with E-state index in [0.717, 1.165) is 18.2 Å². The Morgan fingerprint density at radius 2 is 2.38 bits per heavy atom. The van der Waals surface area contributed by atoms with E-state index in [0.29, 0.717) is 6.04 Å². The summed E-state index contributed by atoms with van der Waals surface area (Å²) < 4.78 is 5.44. The zero-order valence-electron chi connectivity index (χ0n) is 10.2. The third-order valence-corrected chi connectivity index (χ3v) is 4.38. The fourth-order valence-electron chi connectivity index (χ4n) is 2.25. The van der Waals surface area contributed by atoms with Crippen LogP contribution in [-0.2, 0) is 0 Å². The number of methoxy groups -OCH3 is 1. The summed E-state index contributed by atoms with van der Waals surface area (Å²) in [5, 5.41) is 5.81. The van der Waals surface area contributed by atoms with Gasteiger partial charge >= 0.3 is 0 Å². The SMILES string of the molecule is CCCNC(c1sccc1OC)C1CCC1. The van der Waals surface area contributed by atoms with Gasteiger partial charge in [0.05, 0.1) is 12.0 Å². The molecule has 0 aromatic carbocycles. The summed E-state index contributed by atoms with van der Waals surface area (Å²) in [6.07, 6.45) is 5.31. The standard InChI is InChI=1S/C13H21NOS/c1-3-8-14-12(10-5-4-6-10)13-11(15-2)7-9-16-13/h7,9-10,12,14H,3-6,8H2,1-2H3. The zero-order valence-corrected chi connectivity index (χ0v) is 11.0. The molecule has 1 aromatic rings. The van der Waals surface area contributed by atoms with Crippen LogP contribution in [0.5, 0.6) is 5.75 Å². The van der Waals surface area contributed by atoms with Crippen molar-refractivity contribution in [1.82, 2.24) is 5.32 Å². The molecule has 1 aliphatic carbocycles. The molecule has 1 heterocycles. The van der Waals surface area contributed by atoms with Crippen molar-refractivity contribution in [3.05, 3.63) is 16.3 Å². The van der Waals surface area contributed by atoms with Crippen LogP contribution >= 0.6 is 11.3 Å². The van der Waals surface area contributed by atoms with Gasteiger partial charge in [-0.3, -0.25) is 0 Å². The van der Waals surface area contributed by atoms with Crippen LogP contribution in [0.4, 0.5) is 0 Å². The molecule has 1 atom stereocenters. The Balaban J connectivity index is 2.10. The minimum absolute atomic E-state index is 0.517. The molecule has 1 aliphatic rings. The van der Waals surface area contributed by atoms with Crippen molar-refractivity contribution >= 4 is 11.3 Å². The van der Waals surface area contributed by atoms with Gasteiger partial charge in [-0.15, -0.1) is 11.3 Å². The molecule has 0 spiro atoms. The molecule has 0 saturated heterocycles. The zero-order chi connectivity index (χ0) is 11.4. The maximum absolute atomic E-state index is 5.44. The minimum atomic E-state index is 0.517. The van der Waals surface area contributed by atoms with Crippen LogP contribution in [0, 0.1) is 5.92 Å². The molecular formula is C13H21NOS. The number of ether oxygens (including phenoxy) is 1. The van der Waals surface area contributed by atoms with Crippen molar-refractivity contribution < 1.29 is 4.74 Å². The Labute approximate surface area is 102 Å². The molecule has 1 fully saturated rings. The first kappa shape index (κ1) is 11.9. The van der Waals surface area contributed by atoms with Crippen molar-refractivity contribution in [2.45, 2.75) is 38.6 Å². The molecule has 3 heteroatoms. The second-order valence-corrected chi connectivity index (χ2v) is 5.42. The highest BCUT2D eigenvalue weighted by Crippen LogP contribution is 2.42. The van der Waals surface area contributed by atoms with Crippen molar-refractivity contribution in [1.29, 1.82) is 0 Å². The first-order valence-corrected chi connectivity index (χ1v) is 7.09. The van der Waals surface area contributed by atoms with Crippen LogP contribution in [-0.4, -0.2) is 13.7 Å². The number of thiophene rings is 1. The maximum Gasteiger partial charge on any atom is 0.134 e. The Bertz CT molecular complexity index is 319. The van der Waals surface area contributed by atoms with E-state index in [1.807, 2.05) is 11.3 Å². The summed E-state index contributed by atoms with van der Waals surface area (Å²) in [5.41, 5.74) is 0. The van der Waals surface area contributed by atoms with Gasteiger partial charge in [0.15, 0.2) is 0 Å². The first-order chi connectivity index (χ1) is 7.86. The normalized spacial score (nSPS) is 18.1. The molecule has 1 aromatic heterocycles. The van der Waals surface area contributed by atoms with Gasteiger partial charge in [-0.05, 0) is 43.2 Å². The Hall–Kier alpha value is -0.540. The number of hydrogen-bond acceptors (Lipinski definition) is 3. The molecule has 16 heavy (non-hydrogen) atoms. The predicted octanol–water partition coefficient (Wildman–Crippen LogP) is 3.60. The molecule has 90 valence electrons. The van der Waals surface area contributed by atoms with E-state index in [1.54, 1.807) is 7.11 Å². The molecule has 0 amide bonds. The van der Waals surface area contributed by atoms with Gasteiger partial charge in [0, 0.05) is 6.04 Å². The lowest BCUT2D eigenvalue weighted by atomic mass is 9.79. The average Bonchev–Trinajstić information content (AvgIpc) is 2.69. The molecular weight excluding hydrogens is 218 g/mol. The van der Waals surface area contributed by atoms with Crippen molar-refractivity contribution in [3.63, 3.8) is 0 Å². The van der Waals surface area contributed by atoms with E-state index in [2.05, 4.69) is 23.7 Å². The van der Waals surface area contributed by atoms with Crippen LogP contribution < -0.4 is 10.1 Å². The molecule has 0 radical (unpaired) electrons. The van der Waals surface area contributed by atoms with E-state index < -0.39 is 0 Å². The predicted molar refractivity (Wildman–Crippen MR) is 69.2 cm³/mol. The summed E-state index contributed by atoms with van der Waals surface area (Å²) in [7, 11) is 1.77. The van der Waals surface area contributed by atoms with Crippen LogP contribution in [0.25, 0.3) is 0 Å². The molecule has 1 saturated carbocycles. The Morgan fingerprint density at radius 3 is 2.94 bits per heavy atom. The van der Waals surface area contributed by atoms with Crippen LogP contribution in [0.1, 0.15) is 43.5 Å². The van der Waals surface area contributed by atoms with Gasteiger partial charge in [0.2, 0.25) is 0 Å². The van der Waals surface area contributed by atoms with Gasteiger partial charge in [-0.2, -0.15) is 0 Å². The van der Waals surface area contributed by atoms with Crippen LogP contribution in [0.15, 0.2) is 11.4 Å². The van der Waals surface area contributed by atoms with Crippen LogP contribution in [0.3, 0.4) is 0 Å². The topological polar surface area (TPSA) is 21.3 Å². The molecule has 2 nitrogen and oxygen atoms in total. The van der Waals surface area contributed by atoms with E-state index in [4.69, 9.17) is 4.74 Å². The Kier molecular flexibility index (Phi) is 4.24. The summed E-state index contributed by atoms with van der Waals surface area (Å²) in [6.45, 7) is 3.32. The minimum Gasteiger partial charge on any atom is -0.496 e. The molecule has 1 unspecified atom stereocenters. The lowest BCUT2D eigenvalue weighted by molar-refractivity contribution is 0.230. The lowest BCUT2D eigenvalue weighted by Crippen LogP contribution is -2.32. The maximum atomic E-state index is 5.44. The fraction of sp³-hybridized carbons (Fsp3) is 0.692. The fourth-order valence-corrected chi connectivity index (χ4v) is 3.28. The molecule has 1 N–H and O–H groups in total. The van der Waals surface area contributed by atoms with Gasteiger partial charge in [-0.1, -0.05) is 13.3 Å². The van der Waals surface area contributed by atoms with E-state index in [1.165, 1.54) is 30.6 Å². The second kappa shape index (κ2) is 5.69. The van der Waals surface area contributed by atoms with E-state index >= 15 is 0 Å². The molecule has 2 rings (SSSR count). The van der Waals surface area contributed by atoms with E-state index in [9.17, 15) is 0 Å². The Morgan fingerprint density at radius 1 is 1.56 bits per heavy atom. The van der Waals surface area contributed by atoms with Gasteiger partial charge < -0.3 is 10.1 Å². The summed E-state index contributed by atoms with van der Waals surface area (Å²) in [4.78, 5) is 1.39. The quantitative estimate of drug-likeness (QED) is 0.819. The monoisotopic (exact) mass is 239 g/mol. The van der Waals surface area contributed by atoms with Gasteiger partial charge in [-0.25, -0.2) is 0 Å². The largest absolute Gasteiger partial charge is 0.496 e. The summed E-state index contributed by atoms with van der Waals surface area (Å²) in [6, 6.07) is 2.60. The highest BCUT2D eigenvalue weighted by atomic mass is 32.1. The third-order valence-electron chi connectivity index (χ3n) is 3.40. The molecule has 0 aliphatic heterocycles. The highest BCUT2D eigenvalue weighted by molar-refractivity contribution is 7.10. The smallest absolute Gasteiger partial charge is 0.134 e. The summed E-state index contributed by atoms with van der Waals surface area (Å²) in [5.74, 6) is 1.88. The number of nitrogens with one attached hydrogen (secondary N) is 1. The number of rotatable bonds is 6. The second-order valence-electron chi connectivity index (χ2n) is 4.48. The van der Waals surface area contributed by atoms with Crippen molar-refractivity contribution in [3.8, 4) is 5.75 Å². The van der Waals surface area contributed by atoms with Crippen molar-refractivity contribution in [2.24, 2.45) is 5.92 Å². The lowest BCUT2D eigenvalue weighted by Gasteiger charge is -2.34. The summed E-state index contributed by atoms with van der Waals surface area (Å²) >= 11 is 1.82. The van der Waals surface area contributed by atoms with Gasteiger partial charge in [0.25, 0.3) is 0 Å². The number of hydrogen-bond donors (Lipinski definition) is 1. The van der Waals surface area contributed by atoms with Crippen molar-refractivity contribution in [2.75, 3.05) is 13.7 Å². The highest BCUT2D eigenvalue weighted by Gasteiger charge is 2.30. The molecule has 0 bridgehead atoms. The third kappa shape index (κ3) is 2.41. The average molecular weight is 239 g/mol. The van der Waals surface area contributed by atoms with Crippen LogP contribution in [0.2, 0.25) is 0 Å².